The molecule has 0 radical (unpaired) electrons. The number of benzene rings is 1. The monoisotopic (exact) mass is 379 g/mol. The van der Waals surface area contributed by atoms with Crippen LogP contribution in [0, 0.1) is 5.92 Å². The van der Waals surface area contributed by atoms with Crippen molar-refractivity contribution in [3.63, 3.8) is 0 Å². The summed E-state index contributed by atoms with van der Waals surface area (Å²) < 4.78 is 6.38. The number of hydrogen-bond donors (Lipinski definition) is 0. The van der Waals surface area contributed by atoms with E-state index in [0.29, 0.717) is 5.92 Å². The average Bonchev–Trinajstić information content (AvgIpc) is 3.38. The first-order chi connectivity index (χ1) is 13.7. The fourth-order valence-electron chi connectivity index (χ4n) is 5.40. The molecule has 148 valence electrons. The van der Waals surface area contributed by atoms with E-state index in [2.05, 4.69) is 9.88 Å². The van der Waals surface area contributed by atoms with Crippen LogP contribution in [0.4, 0.5) is 0 Å². The third kappa shape index (κ3) is 3.42. The van der Waals surface area contributed by atoms with Crippen molar-refractivity contribution in [1.82, 2.24) is 14.8 Å². The van der Waals surface area contributed by atoms with Crippen LogP contribution < -0.4 is 0 Å². The molecule has 0 bridgehead atoms. The molecule has 2 atom stereocenters. The first-order valence-electron chi connectivity index (χ1n) is 10.7. The van der Waals surface area contributed by atoms with E-state index in [1.807, 2.05) is 35.2 Å². The number of nitrogens with zero attached hydrogens (tertiary/aromatic N) is 3. The van der Waals surface area contributed by atoms with Gasteiger partial charge in [0.15, 0.2) is 0 Å². The largest absolute Gasteiger partial charge is 0.373 e. The minimum Gasteiger partial charge on any atom is -0.373 e. The third-order valence-electron chi connectivity index (χ3n) is 6.70. The van der Waals surface area contributed by atoms with E-state index in [0.717, 1.165) is 62.0 Å². The van der Waals surface area contributed by atoms with E-state index in [4.69, 9.17) is 4.74 Å². The molecule has 1 spiro atoms. The number of amides is 1. The quantitative estimate of drug-likeness (QED) is 0.821. The van der Waals surface area contributed by atoms with Gasteiger partial charge in [0.1, 0.15) is 0 Å². The highest BCUT2D eigenvalue weighted by Crippen LogP contribution is 2.38. The summed E-state index contributed by atoms with van der Waals surface area (Å²) >= 11 is 0. The van der Waals surface area contributed by atoms with Crippen molar-refractivity contribution >= 4 is 16.8 Å². The molecule has 3 saturated heterocycles. The first kappa shape index (κ1) is 18.1. The lowest BCUT2D eigenvalue weighted by atomic mass is 9.86. The van der Waals surface area contributed by atoms with E-state index in [9.17, 15) is 4.79 Å². The molecular formula is C23H29N3O2. The van der Waals surface area contributed by atoms with Crippen molar-refractivity contribution in [2.75, 3.05) is 39.3 Å². The van der Waals surface area contributed by atoms with Crippen LogP contribution in [0.5, 0.6) is 0 Å². The Morgan fingerprint density at radius 3 is 2.93 bits per heavy atom. The summed E-state index contributed by atoms with van der Waals surface area (Å²) in [5.41, 5.74) is 1.50. The van der Waals surface area contributed by atoms with Crippen molar-refractivity contribution in [3.05, 3.63) is 42.1 Å². The fraction of sp³-hybridized carbons (Fsp3) is 0.565. The number of piperidine rings is 1. The van der Waals surface area contributed by atoms with E-state index < -0.39 is 0 Å². The lowest BCUT2D eigenvalue weighted by Gasteiger charge is -2.40. The summed E-state index contributed by atoms with van der Waals surface area (Å²) in [7, 11) is 0. The predicted octanol–water partition coefficient (Wildman–Crippen LogP) is 3.34. The van der Waals surface area contributed by atoms with Gasteiger partial charge in [-0.3, -0.25) is 9.78 Å². The van der Waals surface area contributed by atoms with Gasteiger partial charge in [-0.15, -0.1) is 0 Å². The molecular weight excluding hydrogens is 350 g/mol. The smallest absolute Gasteiger partial charge is 0.254 e. The van der Waals surface area contributed by atoms with Crippen LogP contribution in [-0.4, -0.2) is 65.6 Å². The van der Waals surface area contributed by atoms with Gasteiger partial charge in [0, 0.05) is 36.8 Å². The zero-order valence-corrected chi connectivity index (χ0v) is 16.5. The predicted molar refractivity (Wildman–Crippen MR) is 109 cm³/mol. The van der Waals surface area contributed by atoms with Gasteiger partial charge < -0.3 is 14.5 Å². The van der Waals surface area contributed by atoms with E-state index in [-0.39, 0.29) is 11.5 Å². The van der Waals surface area contributed by atoms with Crippen LogP contribution >= 0.6 is 0 Å². The lowest BCUT2D eigenvalue weighted by molar-refractivity contribution is -0.0450. The molecule has 0 aliphatic carbocycles. The number of likely N-dealkylation sites (tertiary alicyclic amines) is 2. The standard InChI is InChI=1S/C23H29N3O2/c27-22(20-6-3-8-21-19(20)7-4-10-24-21)26-13-5-9-23(17-26)14-18(16-28-23)15-25-11-1-2-12-25/h3-4,6-8,10,18H,1-2,5,9,11-17H2/t18-,23-/m1/s1. The van der Waals surface area contributed by atoms with E-state index in [1.165, 1.54) is 25.9 Å². The van der Waals surface area contributed by atoms with Crippen molar-refractivity contribution in [3.8, 4) is 0 Å². The SMILES string of the molecule is O=C(c1cccc2ncccc12)N1CCC[C@@]2(C[C@H](CN3CCCC3)CO2)C1. The number of carbonyl (C=O) groups excluding carboxylic acids is 1. The maximum atomic E-state index is 13.3. The Morgan fingerprint density at radius 2 is 2.04 bits per heavy atom. The van der Waals surface area contributed by atoms with Gasteiger partial charge in [-0.1, -0.05) is 12.1 Å². The molecule has 1 amide bonds. The highest BCUT2D eigenvalue weighted by atomic mass is 16.5. The van der Waals surface area contributed by atoms with Gasteiger partial charge in [-0.25, -0.2) is 0 Å². The second-order valence-corrected chi connectivity index (χ2v) is 8.78. The molecule has 0 saturated carbocycles. The second kappa shape index (κ2) is 7.45. The molecule has 1 aromatic carbocycles. The summed E-state index contributed by atoms with van der Waals surface area (Å²) in [5, 5.41) is 0.939. The maximum Gasteiger partial charge on any atom is 0.254 e. The van der Waals surface area contributed by atoms with Crippen LogP contribution in [0.25, 0.3) is 10.9 Å². The highest BCUT2D eigenvalue weighted by molar-refractivity contribution is 6.06. The molecule has 5 heteroatoms. The van der Waals surface area contributed by atoms with Gasteiger partial charge in [-0.05, 0) is 69.3 Å². The number of hydrogen-bond acceptors (Lipinski definition) is 4. The minimum atomic E-state index is -0.138. The van der Waals surface area contributed by atoms with Crippen LogP contribution in [-0.2, 0) is 4.74 Å². The number of ether oxygens (including phenoxy) is 1. The topological polar surface area (TPSA) is 45.7 Å². The molecule has 28 heavy (non-hydrogen) atoms. The Hall–Kier alpha value is -1.98. The Balaban J connectivity index is 1.31. The Bertz CT molecular complexity index is 859. The Labute approximate surface area is 166 Å². The maximum absolute atomic E-state index is 13.3. The minimum absolute atomic E-state index is 0.115. The molecule has 3 fully saturated rings. The third-order valence-corrected chi connectivity index (χ3v) is 6.70. The zero-order valence-electron chi connectivity index (χ0n) is 16.5. The summed E-state index contributed by atoms with van der Waals surface area (Å²) in [5.74, 6) is 0.721. The van der Waals surface area contributed by atoms with Crippen molar-refractivity contribution in [2.24, 2.45) is 5.92 Å². The number of carbonyl (C=O) groups is 1. The lowest BCUT2D eigenvalue weighted by Crippen LogP contribution is -2.50. The molecule has 3 aliphatic rings. The summed E-state index contributed by atoms with van der Waals surface area (Å²) in [6.45, 7) is 6.02. The molecule has 5 nitrogen and oxygen atoms in total. The summed E-state index contributed by atoms with van der Waals surface area (Å²) in [4.78, 5) is 22.3. The van der Waals surface area contributed by atoms with Gasteiger partial charge in [0.05, 0.1) is 17.7 Å². The molecule has 2 aromatic rings. The van der Waals surface area contributed by atoms with Crippen LogP contribution in [0.1, 0.15) is 42.5 Å². The zero-order chi connectivity index (χ0) is 19.0. The molecule has 5 rings (SSSR count). The molecule has 0 N–H and O–H groups in total. The molecule has 0 unspecified atom stereocenters. The molecule has 1 aromatic heterocycles. The Kier molecular flexibility index (Phi) is 4.81. The molecule has 3 aliphatic heterocycles. The Morgan fingerprint density at radius 1 is 1.14 bits per heavy atom. The van der Waals surface area contributed by atoms with Gasteiger partial charge in [0.2, 0.25) is 0 Å². The van der Waals surface area contributed by atoms with Crippen molar-refractivity contribution in [1.29, 1.82) is 0 Å². The first-order valence-corrected chi connectivity index (χ1v) is 10.7. The number of rotatable bonds is 3. The van der Waals surface area contributed by atoms with Crippen molar-refractivity contribution < 1.29 is 9.53 Å². The number of pyridine rings is 1. The van der Waals surface area contributed by atoms with E-state index >= 15 is 0 Å². The van der Waals surface area contributed by atoms with Crippen LogP contribution in [0.2, 0.25) is 0 Å². The van der Waals surface area contributed by atoms with Crippen molar-refractivity contribution in [2.45, 2.75) is 37.7 Å². The van der Waals surface area contributed by atoms with E-state index in [1.54, 1.807) is 6.20 Å². The second-order valence-electron chi connectivity index (χ2n) is 8.78. The normalized spacial score (nSPS) is 28.4. The number of aromatic nitrogens is 1. The van der Waals surface area contributed by atoms with Gasteiger partial charge >= 0.3 is 0 Å². The molecule has 4 heterocycles. The fourth-order valence-corrected chi connectivity index (χ4v) is 5.40. The van der Waals surface area contributed by atoms with Crippen LogP contribution in [0.15, 0.2) is 36.5 Å². The highest BCUT2D eigenvalue weighted by Gasteiger charge is 2.45. The van der Waals surface area contributed by atoms with Gasteiger partial charge in [0.25, 0.3) is 5.91 Å². The number of fused-ring (bicyclic) bond motifs is 1. The summed E-state index contributed by atoms with van der Waals surface area (Å²) in [6.07, 6.45) is 7.63. The summed E-state index contributed by atoms with van der Waals surface area (Å²) in [6, 6.07) is 9.72. The average molecular weight is 380 g/mol. The van der Waals surface area contributed by atoms with Crippen LogP contribution in [0.3, 0.4) is 0 Å². The van der Waals surface area contributed by atoms with Gasteiger partial charge in [-0.2, -0.15) is 0 Å².